The molecule has 1 fully saturated rings. The third kappa shape index (κ3) is 4.43. The molecule has 0 atom stereocenters. The van der Waals surface area contributed by atoms with Gasteiger partial charge in [0.1, 0.15) is 5.82 Å². The van der Waals surface area contributed by atoms with E-state index in [0.717, 1.165) is 25.1 Å². The maximum Gasteiger partial charge on any atom is 0.223 e. The molecule has 1 heterocycles. The number of aryl methyl sites for hydroxylation is 1. The van der Waals surface area contributed by atoms with Gasteiger partial charge >= 0.3 is 0 Å². The predicted octanol–water partition coefficient (Wildman–Crippen LogP) is 4.06. The van der Waals surface area contributed by atoms with Crippen molar-refractivity contribution in [3.8, 4) is 11.3 Å². The molecule has 1 aromatic carbocycles. The van der Waals surface area contributed by atoms with Crippen molar-refractivity contribution in [2.45, 2.75) is 39.0 Å². The highest BCUT2D eigenvalue weighted by atomic mass is 19.1. The number of hydrogen-bond donors (Lipinski definition) is 0. The van der Waals surface area contributed by atoms with Gasteiger partial charge in [-0.25, -0.2) is 9.37 Å². The van der Waals surface area contributed by atoms with Crippen molar-refractivity contribution in [1.29, 1.82) is 0 Å². The van der Waals surface area contributed by atoms with Crippen LogP contribution in [-0.4, -0.2) is 28.9 Å². The molecular weight excluding hydrogens is 307 g/mol. The van der Waals surface area contributed by atoms with Gasteiger partial charge < -0.3 is 9.32 Å². The molecule has 5 heteroatoms. The number of carbonyl (C=O) groups excluding carboxylic acids is 1. The van der Waals surface area contributed by atoms with E-state index in [1.165, 1.54) is 25.0 Å². The van der Waals surface area contributed by atoms with E-state index in [1.54, 1.807) is 18.3 Å². The zero-order valence-corrected chi connectivity index (χ0v) is 14.0. The highest BCUT2D eigenvalue weighted by molar-refractivity contribution is 5.76. The number of nitrogens with zero attached hydrogens (tertiary/aromatic N) is 2. The van der Waals surface area contributed by atoms with Gasteiger partial charge in [0.25, 0.3) is 0 Å². The molecule has 1 amide bonds. The maximum absolute atomic E-state index is 13.0. The van der Waals surface area contributed by atoms with E-state index >= 15 is 0 Å². The highest BCUT2D eigenvalue weighted by Crippen LogP contribution is 2.30. The molecule has 1 aliphatic carbocycles. The van der Waals surface area contributed by atoms with Gasteiger partial charge in [-0.1, -0.05) is 6.92 Å². The molecule has 0 unspecified atom stereocenters. The Morgan fingerprint density at radius 3 is 2.75 bits per heavy atom. The van der Waals surface area contributed by atoms with E-state index in [9.17, 15) is 9.18 Å². The molecule has 24 heavy (non-hydrogen) atoms. The fourth-order valence-electron chi connectivity index (χ4n) is 2.75. The van der Waals surface area contributed by atoms with Gasteiger partial charge in [-0.15, -0.1) is 0 Å². The fraction of sp³-hybridized carbons (Fsp3) is 0.474. The lowest BCUT2D eigenvalue weighted by Crippen LogP contribution is -2.33. The molecule has 1 aromatic heterocycles. The van der Waals surface area contributed by atoms with Crippen LogP contribution in [0.3, 0.4) is 0 Å². The quantitative estimate of drug-likeness (QED) is 0.733. The van der Waals surface area contributed by atoms with Gasteiger partial charge in [-0.3, -0.25) is 4.79 Å². The van der Waals surface area contributed by atoms with Gasteiger partial charge in [0.05, 0.1) is 6.20 Å². The highest BCUT2D eigenvalue weighted by Gasteiger charge is 2.26. The van der Waals surface area contributed by atoms with Crippen LogP contribution >= 0.6 is 0 Å². The lowest BCUT2D eigenvalue weighted by molar-refractivity contribution is -0.131. The molecule has 2 aromatic rings. The summed E-state index contributed by atoms with van der Waals surface area (Å²) in [4.78, 5) is 18.6. The van der Waals surface area contributed by atoms with Crippen LogP contribution in [0, 0.1) is 11.7 Å². The van der Waals surface area contributed by atoms with Crippen LogP contribution in [0.2, 0.25) is 0 Å². The lowest BCUT2D eigenvalue weighted by Gasteiger charge is -2.21. The molecule has 0 bridgehead atoms. The van der Waals surface area contributed by atoms with E-state index in [0.29, 0.717) is 30.4 Å². The Balaban J connectivity index is 1.56. The Hall–Kier alpha value is -2.17. The van der Waals surface area contributed by atoms with E-state index < -0.39 is 0 Å². The number of rotatable bonds is 8. The standard InChI is InChI=1S/C19H23FN2O2/c1-2-11-22(13-14-3-4-14)19(23)10-9-18-21-12-17(24-18)15-5-7-16(20)8-6-15/h5-8,12,14H,2-4,9-11,13H2,1H3. The molecule has 1 saturated carbocycles. The van der Waals surface area contributed by atoms with Gasteiger partial charge in [0.15, 0.2) is 11.7 Å². The summed E-state index contributed by atoms with van der Waals surface area (Å²) in [5.41, 5.74) is 0.780. The first kappa shape index (κ1) is 16.7. The summed E-state index contributed by atoms with van der Waals surface area (Å²) in [5.74, 6) is 1.74. The monoisotopic (exact) mass is 330 g/mol. The molecule has 0 N–H and O–H groups in total. The first-order valence-corrected chi connectivity index (χ1v) is 8.64. The summed E-state index contributed by atoms with van der Waals surface area (Å²) in [5, 5.41) is 0. The molecule has 0 aliphatic heterocycles. The normalized spacial score (nSPS) is 13.9. The number of hydrogen-bond acceptors (Lipinski definition) is 3. The van der Waals surface area contributed by atoms with Crippen LogP contribution in [0.1, 0.15) is 38.5 Å². The third-order valence-corrected chi connectivity index (χ3v) is 4.26. The minimum absolute atomic E-state index is 0.172. The van der Waals surface area contributed by atoms with Crippen molar-refractivity contribution >= 4 is 5.91 Å². The summed E-state index contributed by atoms with van der Waals surface area (Å²) in [6.45, 7) is 3.80. The molecule has 128 valence electrons. The van der Waals surface area contributed by atoms with Crippen LogP contribution in [0.25, 0.3) is 11.3 Å². The average Bonchev–Trinajstić information content (AvgIpc) is 3.28. The molecule has 0 saturated heterocycles. The van der Waals surface area contributed by atoms with Gasteiger partial charge in [-0.2, -0.15) is 0 Å². The van der Waals surface area contributed by atoms with Crippen molar-refractivity contribution in [3.63, 3.8) is 0 Å². The van der Waals surface area contributed by atoms with E-state index in [1.807, 2.05) is 4.90 Å². The average molecular weight is 330 g/mol. The Morgan fingerprint density at radius 1 is 1.33 bits per heavy atom. The summed E-state index contributed by atoms with van der Waals surface area (Å²) in [6, 6.07) is 6.09. The largest absolute Gasteiger partial charge is 0.441 e. The minimum atomic E-state index is -0.282. The second kappa shape index (κ2) is 7.60. The van der Waals surface area contributed by atoms with E-state index in [4.69, 9.17) is 4.42 Å². The Labute approximate surface area is 141 Å². The number of carbonyl (C=O) groups is 1. The number of amides is 1. The first-order valence-electron chi connectivity index (χ1n) is 8.64. The summed E-state index contributed by atoms with van der Waals surface area (Å²) in [6.07, 6.45) is 6.00. The van der Waals surface area contributed by atoms with Crippen molar-refractivity contribution in [3.05, 3.63) is 42.2 Å². The van der Waals surface area contributed by atoms with Crippen molar-refractivity contribution < 1.29 is 13.6 Å². The van der Waals surface area contributed by atoms with Gasteiger partial charge in [0, 0.05) is 31.5 Å². The number of oxazole rings is 1. The molecule has 3 rings (SSSR count). The number of benzene rings is 1. The van der Waals surface area contributed by atoms with Crippen LogP contribution in [-0.2, 0) is 11.2 Å². The smallest absolute Gasteiger partial charge is 0.223 e. The number of aromatic nitrogens is 1. The fourth-order valence-corrected chi connectivity index (χ4v) is 2.75. The van der Waals surface area contributed by atoms with E-state index in [2.05, 4.69) is 11.9 Å². The van der Waals surface area contributed by atoms with Crippen LogP contribution in [0.15, 0.2) is 34.9 Å². The van der Waals surface area contributed by atoms with Crippen LogP contribution in [0.4, 0.5) is 4.39 Å². The molecule has 1 aliphatic rings. The van der Waals surface area contributed by atoms with Crippen LogP contribution < -0.4 is 0 Å². The van der Waals surface area contributed by atoms with Gasteiger partial charge in [0.2, 0.25) is 5.91 Å². The zero-order chi connectivity index (χ0) is 16.9. The zero-order valence-electron chi connectivity index (χ0n) is 14.0. The Bertz CT molecular complexity index is 677. The van der Waals surface area contributed by atoms with Gasteiger partial charge in [-0.05, 0) is 49.4 Å². The second-order valence-corrected chi connectivity index (χ2v) is 6.41. The summed E-state index contributed by atoms with van der Waals surface area (Å²) in [7, 11) is 0. The maximum atomic E-state index is 13.0. The third-order valence-electron chi connectivity index (χ3n) is 4.26. The number of halogens is 1. The predicted molar refractivity (Wildman–Crippen MR) is 89.8 cm³/mol. The van der Waals surface area contributed by atoms with Crippen molar-refractivity contribution in [1.82, 2.24) is 9.88 Å². The Morgan fingerprint density at radius 2 is 2.08 bits per heavy atom. The molecule has 0 spiro atoms. The SMILES string of the molecule is CCCN(CC1CC1)C(=O)CCc1ncc(-c2ccc(F)cc2)o1. The summed E-state index contributed by atoms with van der Waals surface area (Å²) >= 11 is 0. The van der Waals surface area contributed by atoms with Crippen molar-refractivity contribution in [2.75, 3.05) is 13.1 Å². The minimum Gasteiger partial charge on any atom is -0.441 e. The molecular formula is C19H23FN2O2. The summed E-state index contributed by atoms with van der Waals surface area (Å²) < 4.78 is 18.7. The van der Waals surface area contributed by atoms with Crippen LogP contribution in [0.5, 0.6) is 0 Å². The van der Waals surface area contributed by atoms with Crippen molar-refractivity contribution in [2.24, 2.45) is 5.92 Å². The lowest BCUT2D eigenvalue weighted by atomic mass is 10.2. The van der Waals surface area contributed by atoms with E-state index in [-0.39, 0.29) is 11.7 Å². The first-order chi connectivity index (χ1) is 11.7. The second-order valence-electron chi connectivity index (χ2n) is 6.41. The topological polar surface area (TPSA) is 46.3 Å². The molecule has 4 nitrogen and oxygen atoms in total. The molecule has 0 radical (unpaired) electrons. The Kier molecular flexibility index (Phi) is 5.28.